The van der Waals surface area contributed by atoms with E-state index in [1.54, 1.807) is 12.1 Å². The minimum atomic E-state index is -4.18. The fourth-order valence-electron chi connectivity index (χ4n) is 5.61. The number of aromatic nitrogens is 1. The van der Waals surface area contributed by atoms with Gasteiger partial charge in [-0.2, -0.15) is 8.42 Å². The van der Waals surface area contributed by atoms with Gasteiger partial charge in [-0.25, -0.2) is 9.71 Å². The number of nitrogens with one attached hydrogen (secondary N) is 1. The maximum absolute atomic E-state index is 13.3. The van der Waals surface area contributed by atoms with Crippen molar-refractivity contribution in [3.05, 3.63) is 47.5 Å². The summed E-state index contributed by atoms with van der Waals surface area (Å²) in [7, 11) is -4.18. The predicted molar refractivity (Wildman–Crippen MR) is 146 cm³/mol. The zero-order valence-electron chi connectivity index (χ0n) is 22.4. The van der Waals surface area contributed by atoms with Gasteiger partial charge < -0.3 is 14.7 Å². The second-order valence-electron chi connectivity index (χ2n) is 11.7. The van der Waals surface area contributed by atoms with Crippen molar-refractivity contribution >= 4 is 21.7 Å². The highest BCUT2D eigenvalue weighted by atomic mass is 32.2. The lowest BCUT2D eigenvalue weighted by atomic mass is 9.81. The Labute approximate surface area is 225 Å². The lowest BCUT2D eigenvalue weighted by molar-refractivity contribution is -0.128. The monoisotopic (exact) mass is 541 g/mol. The van der Waals surface area contributed by atoms with Crippen molar-refractivity contribution in [2.45, 2.75) is 88.2 Å². The van der Waals surface area contributed by atoms with E-state index in [-0.39, 0.29) is 17.0 Å². The third-order valence-electron chi connectivity index (χ3n) is 8.52. The van der Waals surface area contributed by atoms with E-state index in [1.165, 1.54) is 25.3 Å². The fourth-order valence-corrected chi connectivity index (χ4v) is 6.62. The number of rotatable bonds is 8. The summed E-state index contributed by atoms with van der Waals surface area (Å²) in [6.45, 7) is 5.53. The molecule has 1 aromatic heterocycles. The SMILES string of the molecule is Cc1ccc(C2CCCCC2)c(OC2(C(=O)NS(=O)(=O)c3cccc(N4CCC(C)(CO)CC4)n3)CC2)c1. The maximum atomic E-state index is 13.3. The van der Waals surface area contributed by atoms with Gasteiger partial charge in [0.2, 0.25) is 0 Å². The fraction of sp³-hybridized carbons (Fsp3) is 0.586. The first-order valence-electron chi connectivity index (χ1n) is 13.8. The van der Waals surface area contributed by atoms with E-state index < -0.39 is 21.5 Å². The van der Waals surface area contributed by atoms with Crippen LogP contribution in [-0.2, 0) is 14.8 Å². The summed E-state index contributed by atoms with van der Waals surface area (Å²) >= 11 is 0. The van der Waals surface area contributed by atoms with Crippen molar-refractivity contribution in [1.82, 2.24) is 9.71 Å². The molecular formula is C29H39N3O5S. The van der Waals surface area contributed by atoms with Crippen LogP contribution in [0.15, 0.2) is 41.4 Å². The van der Waals surface area contributed by atoms with Crippen molar-refractivity contribution in [3.8, 4) is 5.75 Å². The molecule has 2 aliphatic carbocycles. The number of pyridine rings is 1. The summed E-state index contributed by atoms with van der Waals surface area (Å²) in [5, 5.41) is 9.45. The number of ether oxygens (including phenoxy) is 1. The molecule has 0 radical (unpaired) electrons. The minimum absolute atomic E-state index is 0.124. The molecule has 2 N–H and O–H groups in total. The van der Waals surface area contributed by atoms with Crippen LogP contribution in [0.3, 0.4) is 0 Å². The Hall–Kier alpha value is -2.65. The number of anilines is 1. The zero-order chi connectivity index (χ0) is 27.0. The van der Waals surface area contributed by atoms with E-state index in [9.17, 15) is 18.3 Å². The van der Waals surface area contributed by atoms with Crippen molar-refractivity contribution in [2.75, 3.05) is 24.6 Å². The average Bonchev–Trinajstić information content (AvgIpc) is 3.70. The Kier molecular flexibility index (Phi) is 7.44. The molecule has 1 aliphatic heterocycles. The summed E-state index contributed by atoms with van der Waals surface area (Å²) < 4.78 is 35.0. The van der Waals surface area contributed by atoms with Crippen LogP contribution in [0.1, 0.15) is 81.8 Å². The van der Waals surface area contributed by atoms with Crippen LogP contribution in [0, 0.1) is 12.3 Å². The minimum Gasteiger partial charge on any atom is -0.477 e. The van der Waals surface area contributed by atoms with Crippen LogP contribution in [0.2, 0.25) is 0 Å². The van der Waals surface area contributed by atoms with Gasteiger partial charge in [0.15, 0.2) is 10.6 Å². The first kappa shape index (κ1) is 26.9. The number of benzene rings is 1. The van der Waals surface area contributed by atoms with Gasteiger partial charge in [-0.1, -0.05) is 44.4 Å². The molecule has 2 aromatic rings. The molecule has 38 heavy (non-hydrogen) atoms. The lowest BCUT2D eigenvalue weighted by Gasteiger charge is -2.38. The Morgan fingerprint density at radius 3 is 2.47 bits per heavy atom. The van der Waals surface area contributed by atoms with E-state index in [0.717, 1.165) is 36.8 Å². The number of carbonyl (C=O) groups is 1. The molecule has 8 nitrogen and oxygen atoms in total. The maximum Gasteiger partial charge on any atom is 0.281 e. The smallest absolute Gasteiger partial charge is 0.281 e. The molecule has 0 bridgehead atoms. The van der Waals surface area contributed by atoms with Gasteiger partial charge in [0.25, 0.3) is 15.9 Å². The normalized spacial score (nSPS) is 21.1. The summed E-state index contributed by atoms with van der Waals surface area (Å²) in [5.41, 5.74) is 0.858. The third-order valence-corrected chi connectivity index (χ3v) is 9.76. The highest BCUT2D eigenvalue weighted by Crippen LogP contribution is 2.45. The van der Waals surface area contributed by atoms with Crippen LogP contribution in [0.4, 0.5) is 5.82 Å². The van der Waals surface area contributed by atoms with Gasteiger partial charge >= 0.3 is 0 Å². The van der Waals surface area contributed by atoms with Crippen LogP contribution in [0.25, 0.3) is 0 Å². The highest BCUT2D eigenvalue weighted by Gasteiger charge is 2.54. The number of nitrogens with zero attached hydrogens (tertiary/aromatic N) is 2. The quantitative estimate of drug-likeness (QED) is 0.508. The molecule has 1 saturated heterocycles. The van der Waals surface area contributed by atoms with E-state index in [0.29, 0.717) is 43.4 Å². The van der Waals surface area contributed by atoms with Crippen LogP contribution in [-0.4, -0.2) is 49.7 Å². The number of aliphatic hydroxyl groups is 1. The molecule has 9 heteroatoms. The third kappa shape index (κ3) is 5.69. The Bertz CT molecular complexity index is 1280. The number of aryl methyl sites for hydroxylation is 1. The topological polar surface area (TPSA) is 109 Å². The first-order valence-corrected chi connectivity index (χ1v) is 15.3. The second-order valence-corrected chi connectivity index (χ2v) is 13.3. The molecule has 0 unspecified atom stereocenters. The standard InChI is InChI=1S/C29H39N3O5S/c1-21-11-12-23(22-7-4-3-5-8-22)24(19-21)37-29(13-14-29)27(34)31-38(35,36)26-10-6-9-25(30-26)32-17-15-28(2,20-33)16-18-32/h6,9-12,19,22,33H,3-5,7-8,13-18,20H2,1-2H3,(H,31,34). The second kappa shape index (κ2) is 10.5. The molecule has 0 atom stereocenters. The summed E-state index contributed by atoms with van der Waals surface area (Å²) in [5.74, 6) is 1.01. The number of sulfonamides is 1. The number of piperidine rings is 1. The Balaban J connectivity index is 1.30. The van der Waals surface area contributed by atoms with E-state index in [1.807, 2.05) is 17.9 Å². The Morgan fingerprint density at radius 2 is 1.82 bits per heavy atom. The van der Waals surface area contributed by atoms with E-state index in [2.05, 4.69) is 28.8 Å². The van der Waals surface area contributed by atoms with Crippen molar-refractivity contribution in [3.63, 3.8) is 0 Å². The first-order chi connectivity index (χ1) is 18.1. The zero-order valence-corrected chi connectivity index (χ0v) is 23.2. The number of carbonyl (C=O) groups excluding carboxylic acids is 1. The van der Waals surface area contributed by atoms with Crippen LogP contribution in [0.5, 0.6) is 5.75 Å². The van der Waals surface area contributed by atoms with Crippen molar-refractivity contribution in [1.29, 1.82) is 0 Å². The van der Waals surface area contributed by atoms with Crippen LogP contribution >= 0.6 is 0 Å². The lowest BCUT2D eigenvalue weighted by Crippen LogP contribution is -2.44. The molecule has 3 aliphatic rings. The van der Waals surface area contributed by atoms with Crippen molar-refractivity contribution in [2.24, 2.45) is 5.41 Å². The number of hydrogen-bond donors (Lipinski definition) is 2. The van der Waals surface area contributed by atoms with E-state index >= 15 is 0 Å². The predicted octanol–water partition coefficient (Wildman–Crippen LogP) is 4.45. The van der Waals surface area contributed by atoms with Crippen molar-refractivity contribution < 1.29 is 23.1 Å². The van der Waals surface area contributed by atoms with Gasteiger partial charge in [-0.05, 0) is 73.3 Å². The molecule has 1 aromatic carbocycles. The van der Waals surface area contributed by atoms with Gasteiger partial charge in [-0.3, -0.25) is 4.79 Å². The summed E-state index contributed by atoms with van der Waals surface area (Å²) in [6.07, 6.45) is 8.35. The molecule has 206 valence electrons. The Morgan fingerprint density at radius 1 is 1.11 bits per heavy atom. The van der Waals surface area contributed by atoms with Gasteiger partial charge in [0.05, 0.1) is 0 Å². The van der Waals surface area contributed by atoms with Crippen LogP contribution < -0.4 is 14.4 Å². The van der Waals surface area contributed by atoms with E-state index in [4.69, 9.17) is 4.74 Å². The number of aliphatic hydroxyl groups excluding tert-OH is 1. The highest BCUT2D eigenvalue weighted by molar-refractivity contribution is 7.90. The molecular weight excluding hydrogens is 502 g/mol. The largest absolute Gasteiger partial charge is 0.477 e. The number of amides is 1. The number of hydrogen-bond acceptors (Lipinski definition) is 7. The molecule has 1 amide bonds. The van der Waals surface area contributed by atoms with Gasteiger partial charge in [-0.15, -0.1) is 0 Å². The molecule has 3 fully saturated rings. The molecule has 5 rings (SSSR count). The molecule has 2 heterocycles. The van der Waals surface area contributed by atoms with Gasteiger partial charge in [0, 0.05) is 32.5 Å². The summed E-state index contributed by atoms with van der Waals surface area (Å²) in [4.78, 5) is 19.7. The molecule has 2 saturated carbocycles. The van der Waals surface area contributed by atoms with Gasteiger partial charge in [0.1, 0.15) is 11.6 Å². The molecule has 0 spiro atoms. The average molecular weight is 542 g/mol. The summed E-state index contributed by atoms with van der Waals surface area (Å²) in [6, 6.07) is 11.0.